The predicted molar refractivity (Wildman–Crippen MR) is 27.5 cm³/mol. The van der Waals surface area contributed by atoms with E-state index in [0.29, 0.717) is 17.4 Å². The summed E-state index contributed by atoms with van der Waals surface area (Å²) >= 11 is 0.621. The van der Waals surface area contributed by atoms with Gasteiger partial charge >= 0.3 is 11.7 Å². The highest BCUT2D eigenvalue weighted by Gasteiger charge is 1.91. The lowest BCUT2D eigenvalue weighted by molar-refractivity contribution is 0.605. The Morgan fingerprint density at radius 1 is 1.83 bits per heavy atom. The second-order valence-electron chi connectivity index (χ2n) is 0.981. The summed E-state index contributed by atoms with van der Waals surface area (Å²) in [5.74, 6) is 0.649. The molecular weight excluding hydrogens is 96.1 g/mol. The summed E-state index contributed by atoms with van der Waals surface area (Å²) in [7, 11) is 0. The minimum atomic E-state index is 0.621. The first-order chi connectivity index (χ1) is 2.91. The first-order valence-corrected chi connectivity index (χ1v) is 2.89. The summed E-state index contributed by atoms with van der Waals surface area (Å²) in [6.07, 6.45) is 2.97. The van der Waals surface area contributed by atoms with Crippen LogP contribution >= 0.6 is 0 Å². The number of rotatable bonds is 3. The summed E-state index contributed by atoms with van der Waals surface area (Å²) in [5.41, 5.74) is 0. The van der Waals surface area contributed by atoms with Gasteiger partial charge in [-0.05, 0) is 6.42 Å². The smallest absolute Gasteiger partial charge is 0.0649 e. The van der Waals surface area contributed by atoms with Crippen molar-refractivity contribution >= 4 is 11.7 Å². The van der Waals surface area contributed by atoms with Gasteiger partial charge in [-0.1, -0.05) is 6.92 Å². The maximum Gasteiger partial charge on any atom is 0.458 e. The van der Waals surface area contributed by atoms with Crippen LogP contribution in [0.25, 0.3) is 0 Å². The summed E-state index contributed by atoms with van der Waals surface area (Å²) in [5, 5.41) is 0. The van der Waals surface area contributed by atoms with E-state index < -0.39 is 0 Å². The molecule has 0 aromatic rings. The molecule has 0 aliphatic carbocycles. The summed E-state index contributed by atoms with van der Waals surface area (Å²) in [6, 6.07) is 0. The number of hydrogen-bond acceptors (Lipinski definition) is 1. The third kappa shape index (κ3) is 4.02. The van der Waals surface area contributed by atoms with Crippen LogP contribution in [0.5, 0.6) is 0 Å². The monoisotopic (exact) mass is 104 g/mol. The zero-order valence-electron chi connectivity index (χ0n) is 3.81. The largest absolute Gasteiger partial charge is 0.458 e. The van der Waals surface area contributed by atoms with E-state index in [1.54, 1.807) is 0 Å². The number of hydrogen-bond donors (Lipinski definition) is 0. The van der Waals surface area contributed by atoms with Crippen molar-refractivity contribution in [3.8, 4) is 0 Å². The fraction of sp³-hybridized carbons (Fsp3) is 0.750. The molecule has 0 saturated carbocycles. The highest BCUT2D eigenvalue weighted by atomic mass is 32.1. The van der Waals surface area contributed by atoms with Gasteiger partial charge in [0.2, 0.25) is 5.75 Å². The highest BCUT2D eigenvalue weighted by Crippen LogP contribution is 1.79. The zero-order valence-corrected chi connectivity index (χ0v) is 4.62. The molecule has 0 aliphatic heterocycles. The summed E-state index contributed by atoms with van der Waals surface area (Å²) < 4.78 is 9.57. The molecule has 6 heavy (non-hydrogen) atoms. The van der Waals surface area contributed by atoms with Crippen LogP contribution in [0.1, 0.15) is 13.3 Å². The van der Waals surface area contributed by atoms with E-state index >= 15 is 0 Å². The minimum Gasteiger partial charge on any atom is -0.0649 e. The van der Waals surface area contributed by atoms with E-state index in [0.717, 1.165) is 6.42 Å². The Hall–Kier alpha value is 0.0200. The van der Waals surface area contributed by atoms with E-state index in [-0.39, 0.29) is 0 Å². The molecule has 0 unspecified atom stereocenters. The zero-order chi connectivity index (χ0) is 4.83. The van der Waals surface area contributed by atoms with Crippen LogP contribution in [0.4, 0.5) is 0 Å². The van der Waals surface area contributed by atoms with Gasteiger partial charge in [0.1, 0.15) is 0 Å². The van der Waals surface area contributed by atoms with Gasteiger partial charge in [-0.2, -0.15) is 0 Å². The van der Waals surface area contributed by atoms with Gasteiger partial charge in [0.15, 0.2) is 0 Å². The number of unbranched alkanes of at least 4 members (excludes halogenated alkanes) is 1. The molecule has 2 heteroatoms. The van der Waals surface area contributed by atoms with Gasteiger partial charge in [0.05, 0.1) is 0 Å². The molecule has 0 bridgehead atoms. The van der Waals surface area contributed by atoms with Gasteiger partial charge in [0, 0.05) is 10.6 Å². The van der Waals surface area contributed by atoms with Crippen LogP contribution in [-0.4, -0.2) is 5.75 Å². The fourth-order valence-electron chi connectivity index (χ4n) is 0.166. The fourth-order valence-corrected chi connectivity index (χ4v) is 0.498. The molecule has 0 amide bonds. The molecule has 1 radical (unpaired) electrons. The topological polar surface area (TPSA) is 17.1 Å². The third-order valence-electron chi connectivity index (χ3n) is 0.475. The molecule has 0 spiro atoms. The van der Waals surface area contributed by atoms with Crippen LogP contribution in [-0.2, 0) is 15.9 Å². The Balaban J connectivity index is 2.49. The molecule has 1 nitrogen and oxygen atoms in total. The van der Waals surface area contributed by atoms with Crippen LogP contribution in [0.3, 0.4) is 0 Å². The molecule has 0 rings (SSSR count). The van der Waals surface area contributed by atoms with Gasteiger partial charge in [-0.3, -0.25) is 0 Å². The van der Waals surface area contributed by atoms with Gasteiger partial charge in [0.25, 0.3) is 0 Å². The third-order valence-corrected chi connectivity index (χ3v) is 0.846. The molecular formula is C4H8OS+. The molecule has 0 saturated heterocycles. The van der Waals surface area contributed by atoms with E-state index in [1.807, 2.05) is 13.3 Å². The van der Waals surface area contributed by atoms with Gasteiger partial charge < -0.3 is 0 Å². The van der Waals surface area contributed by atoms with Crippen molar-refractivity contribution in [1.82, 2.24) is 0 Å². The average molecular weight is 104 g/mol. The van der Waals surface area contributed by atoms with Crippen molar-refractivity contribution in [2.75, 3.05) is 5.75 Å². The van der Waals surface area contributed by atoms with E-state index in [4.69, 9.17) is 0 Å². The van der Waals surface area contributed by atoms with Crippen LogP contribution < -0.4 is 0 Å². The maximum atomic E-state index is 9.57. The molecule has 0 aromatic heterocycles. The normalized spacial score (nSPS) is 8.17. The molecule has 0 heterocycles. The van der Waals surface area contributed by atoms with Crippen molar-refractivity contribution < 1.29 is 4.21 Å². The maximum absolute atomic E-state index is 9.57. The van der Waals surface area contributed by atoms with Crippen molar-refractivity contribution in [3.05, 3.63) is 6.42 Å². The van der Waals surface area contributed by atoms with Gasteiger partial charge in [-0.25, -0.2) is 0 Å². The van der Waals surface area contributed by atoms with Crippen LogP contribution in [0.15, 0.2) is 0 Å². The summed E-state index contributed by atoms with van der Waals surface area (Å²) in [6.45, 7) is 2.02. The summed E-state index contributed by atoms with van der Waals surface area (Å²) in [4.78, 5) is 0. The SMILES string of the molecule is CC[CH]C[S+]=O. The second kappa shape index (κ2) is 5.02. The van der Waals surface area contributed by atoms with Crippen molar-refractivity contribution in [2.24, 2.45) is 0 Å². The lowest BCUT2D eigenvalue weighted by Crippen LogP contribution is -1.77. The minimum absolute atomic E-state index is 0.621. The molecule has 35 valence electrons. The molecule has 0 atom stereocenters. The van der Waals surface area contributed by atoms with E-state index in [1.165, 1.54) is 0 Å². The first-order valence-electron chi connectivity index (χ1n) is 1.98. The second-order valence-corrected chi connectivity index (χ2v) is 1.55. The first kappa shape index (κ1) is 6.02. The Bertz CT molecular complexity index is 36.5. The predicted octanol–water partition coefficient (Wildman–Crippen LogP) is 1.03. The van der Waals surface area contributed by atoms with Crippen LogP contribution in [0.2, 0.25) is 0 Å². The quantitative estimate of drug-likeness (QED) is 0.386. The molecule has 0 aliphatic rings. The Labute approximate surface area is 42.2 Å². The van der Waals surface area contributed by atoms with Crippen molar-refractivity contribution in [1.29, 1.82) is 0 Å². The standard InChI is InChI=1S/C4H8OS/c1-2-3-4-6-5/h3H,2,4H2,1H3/q+1. The molecule has 0 N–H and O–H groups in total. The average Bonchev–Trinajstić information content (AvgIpc) is 1.61. The molecule has 0 fully saturated rings. The highest BCUT2D eigenvalue weighted by molar-refractivity contribution is 7.65. The Morgan fingerprint density at radius 2 is 2.50 bits per heavy atom. The van der Waals surface area contributed by atoms with Crippen molar-refractivity contribution in [2.45, 2.75) is 13.3 Å². The Morgan fingerprint density at radius 3 is 2.67 bits per heavy atom. The Kier molecular flexibility index (Phi) is 5.04. The lowest BCUT2D eigenvalue weighted by Gasteiger charge is -1.68. The van der Waals surface area contributed by atoms with E-state index in [2.05, 4.69) is 0 Å². The van der Waals surface area contributed by atoms with Crippen LogP contribution in [0, 0.1) is 6.42 Å². The van der Waals surface area contributed by atoms with E-state index in [9.17, 15) is 4.21 Å². The van der Waals surface area contributed by atoms with Gasteiger partial charge in [-0.15, -0.1) is 0 Å². The van der Waals surface area contributed by atoms with Crippen molar-refractivity contribution in [3.63, 3.8) is 0 Å². The molecule has 0 aromatic carbocycles. The lowest BCUT2D eigenvalue weighted by atomic mass is 10.4.